The van der Waals surface area contributed by atoms with Crippen molar-refractivity contribution in [3.05, 3.63) is 58.3 Å². The Morgan fingerprint density at radius 2 is 2.17 bits per heavy atom. The topological polar surface area (TPSA) is 87.8 Å². The molecule has 10 heteroatoms. The molecular weight excluding hydrogens is 423 g/mol. The third-order valence-electron chi connectivity index (χ3n) is 4.50. The molecule has 0 saturated carbocycles. The van der Waals surface area contributed by atoms with E-state index in [1.54, 1.807) is 6.08 Å². The molecule has 1 heterocycles. The highest BCUT2D eigenvalue weighted by atomic mass is 35.5. The van der Waals surface area contributed by atoms with Crippen LogP contribution in [0.2, 0.25) is 0 Å². The lowest BCUT2D eigenvalue weighted by Crippen LogP contribution is -2.38. The molecule has 0 atom stereocenters. The predicted octanol–water partition coefficient (Wildman–Crippen LogP) is 4.23. The van der Waals surface area contributed by atoms with E-state index in [-0.39, 0.29) is 18.0 Å². The monoisotopic (exact) mass is 445 g/mol. The summed E-state index contributed by atoms with van der Waals surface area (Å²) in [5.41, 5.74) is 6.20. The minimum atomic E-state index is -4.50. The SMILES string of the molecule is COc1cc(C(F)(F)F)ccc1NC(=O)N1CC=C(C/C(Cl)=C\C(=C/N)CO)CC1. The number of urea groups is 1. The van der Waals surface area contributed by atoms with Gasteiger partial charge < -0.3 is 25.8 Å². The first-order valence-corrected chi connectivity index (χ1v) is 9.42. The summed E-state index contributed by atoms with van der Waals surface area (Å²) in [6.07, 6.45) is 1.30. The van der Waals surface area contributed by atoms with Crippen LogP contribution >= 0.6 is 11.6 Å². The number of nitrogens with one attached hydrogen (secondary N) is 1. The second kappa shape index (κ2) is 10.4. The molecule has 1 aromatic carbocycles. The van der Waals surface area contributed by atoms with Gasteiger partial charge in [0, 0.05) is 24.5 Å². The quantitative estimate of drug-likeness (QED) is 0.452. The number of carbonyl (C=O) groups is 1. The number of aliphatic hydroxyl groups excluding tert-OH is 1. The molecule has 6 nitrogen and oxygen atoms in total. The average Bonchev–Trinajstić information content (AvgIpc) is 2.71. The summed E-state index contributed by atoms with van der Waals surface area (Å²) in [7, 11) is 1.24. The Hall–Kier alpha value is -2.65. The summed E-state index contributed by atoms with van der Waals surface area (Å²) in [5, 5.41) is 12.2. The molecule has 0 aliphatic carbocycles. The Bertz CT molecular complexity index is 867. The molecule has 1 aromatic rings. The van der Waals surface area contributed by atoms with Crippen molar-refractivity contribution >= 4 is 23.3 Å². The number of amides is 2. The number of rotatable bonds is 6. The van der Waals surface area contributed by atoms with E-state index in [2.05, 4.69) is 5.32 Å². The highest BCUT2D eigenvalue weighted by Gasteiger charge is 2.31. The molecule has 0 unspecified atom stereocenters. The molecule has 2 rings (SSSR count). The average molecular weight is 446 g/mol. The first-order valence-electron chi connectivity index (χ1n) is 9.04. The highest BCUT2D eigenvalue weighted by molar-refractivity contribution is 6.29. The molecule has 0 fully saturated rings. The van der Waals surface area contributed by atoms with Gasteiger partial charge in [-0.25, -0.2) is 4.79 Å². The van der Waals surface area contributed by atoms with Gasteiger partial charge in [0.05, 0.1) is 25.0 Å². The standard InChI is InChI=1S/C20H23ClF3N3O3/c1-30-18-10-15(20(22,23)24)2-3-17(18)26-19(29)27-6-4-13(5-7-27)8-16(21)9-14(11-25)12-28/h2-4,9-11,28H,5-8,12,25H2,1H3,(H,26,29)/b14-11+,16-9+. The van der Waals surface area contributed by atoms with Crippen LogP contribution in [0.3, 0.4) is 0 Å². The number of nitrogens with two attached hydrogens (primary N) is 1. The number of ether oxygens (including phenoxy) is 1. The fourth-order valence-electron chi connectivity index (χ4n) is 2.84. The normalized spacial score (nSPS) is 15.7. The number of alkyl halides is 3. The summed E-state index contributed by atoms with van der Waals surface area (Å²) < 4.78 is 43.5. The summed E-state index contributed by atoms with van der Waals surface area (Å²) in [4.78, 5) is 14.0. The predicted molar refractivity (Wildman–Crippen MR) is 109 cm³/mol. The lowest BCUT2D eigenvalue weighted by atomic mass is 10.0. The maximum atomic E-state index is 12.8. The third-order valence-corrected chi connectivity index (χ3v) is 4.74. The number of carbonyl (C=O) groups excluding carboxylic acids is 1. The van der Waals surface area contributed by atoms with Crippen LogP contribution in [0.4, 0.5) is 23.7 Å². The third kappa shape index (κ3) is 6.43. The smallest absolute Gasteiger partial charge is 0.416 e. The van der Waals surface area contributed by atoms with E-state index in [0.717, 1.165) is 17.7 Å². The van der Waals surface area contributed by atoms with Crippen molar-refractivity contribution in [2.24, 2.45) is 5.73 Å². The van der Waals surface area contributed by atoms with Crippen molar-refractivity contribution in [1.82, 2.24) is 4.90 Å². The van der Waals surface area contributed by atoms with Gasteiger partial charge in [-0.3, -0.25) is 0 Å². The van der Waals surface area contributed by atoms with Crippen LogP contribution in [0.15, 0.2) is 52.7 Å². The number of aliphatic hydroxyl groups is 1. The Morgan fingerprint density at radius 1 is 1.43 bits per heavy atom. The van der Waals surface area contributed by atoms with Crippen LogP contribution in [-0.2, 0) is 6.18 Å². The van der Waals surface area contributed by atoms with Gasteiger partial charge >= 0.3 is 12.2 Å². The van der Waals surface area contributed by atoms with Crippen molar-refractivity contribution in [3.8, 4) is 5.75 Å². The highest BCUT2D eigenvalue weighted by Crippen LogP contribution is 2.35. The van der Waals surface area contributed by atoms with Crippen molar-refractivity contribution in [2.45, 2.75) is 19.0 Å². The van der Waals surface area contributed by atoms with Crippen molar-refractivity contribution in [3.63, 3.8) is 0 Å². The number of anilines is 1. The van der Waals surface area contributed by atoms with Crippen molar-refractivity contribution < 1.29 is 27.8 Å². The van der Waals surface area contributed by atoms with E-state index in [1.807, 2.05) is 6.08 Å². The molecule has 0 bridgehead atoms. The lowest BCUT2D eigenvalue weighted by molar-refractivity contribution is -0.137. The summed E-state index contributed by atoms with van der Waals surface area (Å²) >= 11 is 6.18. The van der Waals surface area contributed by atoms with Crippen LogP contribution in [0.25, 0.3) is 0 Å². The van der Waals surface area contributed by atoms with Gasteiger partial charge in [0.25, 0.3) is 0 Å². The van der Waals surface area contributed by atoms with E-state index < -0.39 is 17.8 Å². The molecule has 0 aromatic heterocycles. The zero-order valence-corrected chi connectivity index (χ0v) is 17.1. The van der Waals surface area contributed by atoms with E-state index in [0.29, 0.717) is 36.5 Å². The fraction of sp³-hybridized carbons (Fsp3) is 0.350. The van der Waals surface area contributed by atoms with Crippen LogP contribution in [0.1, 0.15) is 18.4 Å². The first-order chi connectivity index (χ1) is 14.2. The van der Waals surface area contributed by atoms with E-state index in [9.17, 15) is 18.0 Å². The lowest BCUT2D eigenvalue weighted by Gasteiger charge is -2.27. The molecule has 1 aliphatic rings. The van der Waals surface area contributed by atoms with Crippen LogP contribution in [0, 0.1) is 0 Å². The van der Waals surface area contributed by atoms with Crippen molar-refractivity contribution in [2.75, 3.05) is 32.1 Å². The molecule has 2 amide bonds. The molecule has 4 N–H and O–H groups in total. The molecule has 0 saturated heterocycles. The summed E-state index contributed by atoms with van der Waals surface area (Å²) in [6.45, 7) is 0.533. The van der Waals surface area contributed by atoms with E-state index >= 15 is 0 Å². The molecule has 0 spiro atoms. The van der Waals surface area contributed by atoms with Gasteiger partial charge in [-0.1, -0.05) is 23.3 Å². The maximum Gasteiger partial charge on any atom is 0.416 e. The minimum Gasteiger partial charge on any atom is -0.495 e. The summed E-state index contributed by atoms with van der Waals surface area (Å²) in [5.74, 6) is -0.0732. The Labute approximate surface area is 177 Å². The molecule has 30 heavy (non-hydrogen) atoms. The molecular formula is C20H23ClF3N3O3. The van der Waals surface area contributed by atoms with E-state index in [4.69, 9.17) is 27.2 Å². The second-order valence-corrected chi connectivity index (χ2v) is 7.05. The van der Waals surface area contributed by atoms with Gasteiger partial charge in [0.2, 0.25) is 0 Å². The van der Waals surface area contributed by atoms with Gasteiger partial charge in [0.1, 0.15) is 5.75 Å². The largest absolute Gasteiger partial charge is 0.495 e. The number of halogens is 4. The van der Waals surface area contributed by atoms with Crippen molar-refractivity contribution in [1.29, 1.82) is 0 Å². The Morgan fingerprint density at radius 3 is 2.70 bits per heavy atom. The maximum absolute atomic E-state index is 12.8. The zero-order chi connectivity index (χ0) is 22.3. The van der Waals surface area contributed by atoms with Gasteiger partial charge in [-0.2, -0.15) is 13.2 Å². The Balaban J connectivity index is 2.00. The number of hydrogen-bond acceptors (Lipinski definition) is 4. The molecule has 1 aliphatic heterocycles. The summed E-state index contributed by atoms with van der Waals surface area (Å²) in [6, 6.07) is 2.45. The zero-order valence-electron chi connectivity index (χ0n) is 16.3. The first kappa shape index (κ1) is 23.6. The van der Waals surface area contributed by atoms with Crippen LogP contribution in [-0.4, -0.2) is 42.8 Å². The number of benzene rings is 1. The van der Waals surface area contributed by atoms with Gasteiger partial charge in [0.15, 0.2) is 0 Å². The van der Waals surface area contributed by atoms with E-state index in [1.165, 1.54) is 24.3 Å². The Kier molecular flexibility index (Phi) is 8.19. The number of hydrogen-bond donors (Lipinski definition) is 3. The number of nitrogens with zero attached hydrogens (tertiary/aromatic N) is 1. The molecule has 0 radical (unpaired) electrons. The number of methoxy groups -OCH3 is 1. The fourth-order valence-corrected chi connectivity index (χ4v) is 3.15. The van der Waals surface area contributed by atoms with Crippen LogP contribution in [0.5, 0.6) is 5.75 Å². The van der Waals surface area contributed by atoms with Crippen LogP contribution < -0.4 is 15.8 Å². The van der Waals surface area contributed by atoms with Gasteiger partial charge in [-0.05, 0) is 42.5 Å². The second-order valence-electron chi connectivity index (χ2n) is 6.57. The minimum absolute atomic E-state index is 0.0732. The van der Waals surface area contributed by atoms with Gasteiger partial charge in [-0.15, -0.1) is 0 Å². The molecule has 164 valence electrons. The number of allylic oxidation sites excluding steroid dienone is 1.